The predicted molar refractivity (Wildman–Crippen MR) is 78.2 cm³/mol. The molecule has 1 aliphatic rings. The van der Waals surface area contributed by atoms with Crippen LogP contribution in [0.2, 0.25) is 0 Å². The first-order valence-electron chi connectivity index (χ1n) is 6.95. The lowest BCUT2D eigenvalue weighted by Gasteiger charge is -2.35. The number of nitrogens with two attached hydrogens (primary N) is 1. The van der Waals surface area contributed by atoms with Crippen molar-refractivity contribution >= 4 is 10.0 Å². The van der Waals surface area contributed by atoms with E-state index in [2.05, 4.69) is 0 Å². The van der Waals surface area contributed by atoms with Crippen LogP contribution in [0.5, 0.6) is 5.75 Å². The average molecular weight is 298 g/mol. The van der Waals surface area contributed by atoms with Crippen LogP contribution in [0.4, 0.5) is 0 Å². The van der Waals surface area contributed by atoms with Gasteiger partial charge in [-0.3, -0.25) is 0 Å². The summed E-state index contributed by atoms with van der Waals surface area (Å²) in [5.41, 5.74) is 5.88. The number of piperidine rings is 1. The molecular weight excluding hydrogens is 276 g/mol. The third kappa shape index (κ3) is 3.13. The molecule has 0 bridgehead atoms. The van der Waals surface area contributed by atoms with Crippen LogP contribution in [0.1, 0.15) is 26.7 Å². The van der Waals surface area contributed by atoms with Gasteiger partial charge in [-0.2, -0.15) is 4.31 Å². The Morgan fingerprint density at radius 2 is 2.00 bits per heavy atom. The van der Waals surface area contributed by atoms with Gasteiger partial charge >= 0.3 is 0 Å². The second kappa shape index (κ2) is 6.11. The molecule has 0 aliphatic carbocycles. The van der Waals surface area contributed by atoms with Gasteiger partial charge in [-0.25, -0.2) is 8.42 Å². The minimum atomic E-state index is -3.44. The predicted octanol–water partition coefficient (Wildman–Crippen LogP) is 1.59. The first-order valence-corrected chi connectivity index (χ1v) is 8.39. The molecular formula is C14H22N2O3S. The van der Waals surface area contributed by atoms with E-state index >= 15 is 0 Å². The zero-order chi connectivity index (χ0) is 14.8. The minimum absolute atomic E-state index is 0.0599. The molecule has 2 N–H and O–H groups in total. The van der Waals surface area contributed by atoms with Crippen molar-refractivity contribution in [1.29, 1.82) is 0 Å². The van der Waals surface area contributed by atoms with E-state index in [1.54, 1.807) is 28.6 Å². The van der Waals surface area contributed by atoms with Crippen LogP contribution in [0.25, 0.3) is 0 Å². The Morgan fingerprint density at radius 3 is 2.55 bits per heavy atom. The SMILES string of the molecule is CCOc1ccc(S(=O)(=O)N2CCC(N)CC2C)cc1. The van der Waals surface area contributed by atoms with E-state index in [9.17, 15) is 8.42 Å². The summed E-state index contributed by atoms with van der Waals surface area (Å²) < 4.78 is 32.1. The Morgan fingerprint density at radius 1 is 1.35 bits per heavy atom. The molecule has 1 saturated heterocycles. The molecule has 0 aromatic heterocycles. The normalized spacial score (nSPS) is 24.6. The molecule has 0 radical (unpaired) electrons. The molecule has 1 aromatic rings. The highest BCUT2D eigenvalue weighted by Gasteiger charge is 2.33. The van der Waals surface area contributed by atoms with Crippen molar-refractivity contribution in [3.05, 3.63) is 24.3 Å². The van der Waals surface area contributed by atoms with Gasteiger partial charge in [-0.05, 0) is 51.0 Å². The Kier molecular flexibility index (Phi) is 4.67. The molecule has 2 atom stereocenters. The quantitative estimate of drug-likeness (QED) is 0.916. The fraction of sp³-hybridized carbons (Fsp3) is 0.571. The smallest absolute Gasteiger partial charge is 0.243 e. The average Bonchev–Trinajstić information content (AvgIpc) is 2.39. The first kappa shape index (κ1) is 15.3. The van der Waals surface area contributed by atoms with E-state index in [1.807, 2.05) is 13.8 Å². The van der Waals surface area contributed by atoms with E-state index in [0.717, 1.165) is 0 Å². The van der Waals surface area contributed by atoms with Crippen molar-refractivity contribution in [3.63, 3.8) is 0 Å². The maximum Gasteiger partial charge on any atom is 0.243 e. The molecule has 6 heteroatoms. The summed E-state index contributed by atoms with van der Waals surface area (Å²) in [5.74, 6) is 0.681. The van der Waals surface area contributed by atoms with Crippen LogP contribution in [0, 0.1) is 0 Å². The second-order valence-corrected chi connectivity index (χ2v) is 7.04. The first-order chi connectivity index (χ1) is 9.45. The molecule has 1 aliphatic heterocycles. The number of rotatable bonds is 4. The minimum Gasteiger partial charge on any atom is -0.494 e. The van der Waals surface area contributed by atoms with E-state index in [1.165, 1.54) is 0 Å². The lowest BCUT2D eigenvalue weighted by Crippen LogP contribution is -2.48. The zero-order valence-corrected chi connectivity index (χ0v) is 12.8. The van der Waals surface area contributed by atoms with Gasteiger partial charge in [0, 0.05) is 18.6 Å². The van der Waals surface area contributed by atoms with Gasteiger partial charge in [-0.1, -0.05) is 0 Å². The van der Waals surface area contributed by atoms with Gasteiger partial charge in [-0.15, -0.1) is 0 Å². The molecule has 1 aromatic carbocycles. The summed E-state index contributed by atoms with van der Waals surface area (Å²) in [6, 6.07) is 6.61. The molecule has 112 valence electrons. The standard InChI is InChI=1S/C14H22N2O3S/c1-3-19-13-4-6-14(7-5-13)20(17,18)16-9-8-12(15)10-11(16)2/h4-7,11-12H,3,8-10,15H2,1-2H3. The van der Waals surface area contributed by atoms with Crippen LogP contribution in [0.15, 0.2) is 29.2 Å². The number of nitrogens with zero attached hydrogens (tertiary/aromatic N) is 1. The van der Waals surface area contributed by atoms with Crippen LogP contribution in [-0.4, -0.2) is 38.0 Å². The Hall–Kier alpha value is -1.11. The fourth-order valence-corrected chi connectivity index (χ4v) is 4.21. The molecule has 2 unspecified atom stereocenters. The van der Waals surface area contributed by atoms with Crippen LogP contribution >= 0.6 is 0 Å². The van der Waals surface area contributed by atoms with E-state index in [0.29, 0.717) is 36.6 Å². The molecule has 2 rings (SSSR count). The summed E-state index contributed by atoms with van der Waals surface area (Å²) in [6.45, 7) is 4.85. The highest BCUT2D eigenvalue weighted by molar-refractivity contribution is 7.89. The molecule has 20 heavy (non-hydrogen) atoms. The maximum absolute atomic E-state index is 12.6. The Balaban J connectivity index is 2.21. The van der Waals surface area contributed by atoms with Crippen LogP contribution < -0.4 is 10.5 Å². The molecule has 0 amide bonds. The summed E-state index contributed by atoms with van der Waals surface area (Å²) in [6.07, 6.45) is 1.41. The maximum atomic E-state index is 12.6. The zero-order valence-electron chi connectivity index (χ0n) is 12.0. The van der Waals surface area contributed by atoms with Crippen molar-refractivity contribution in [1.82, 2.24) is 4.31 Å². The number of hydrogen-bond donors (Lipinski definition) is 1. The van der Waals surface area contributed by atoms with Crippen LogP contribution in [-0.2, 0) is 10.0 Å². The second-order valence-electron chi connectivity index (χ2n) is 5.15. The largest absolute Gasteiger partial charge is 0.494 e. The summed E-state index contributed by atoms with van der Waals surface area (Å²) in [5, 5.41) is 0. The Bertz CT molecular complexity index is 542. The van der Waals surface area contributed by atoms with Gasteiger partial charge < -0.3 is 10.5 Å². The Labute approximate surface area is 120 Å². The van der Waals surface area contributed by atoms with Crippen LogP contribution in [0.3, 0.4) is 0 Å². The van der Waals surface area contributed by atoms with Gasteiger partial charge in [0.2, 0.25) is 10.0 Å². The molecule has 0 saturated carbocycles. The number of ether oxygens (including phenoxy) is 1. The lowest BCUT2D eigenvalue weighted by atomic mass is 10.0. The van der Waals surface area contributed by atoms with Gasteiger partial charge in [0.1, 0.15) is 5.75 Å². The highest BCUT2D eigenvalue weighted by atomic mass is 32.2. The van der Waals surface area contributed by atoms with Crippen molar-refractivity contribution in [2.45, 2.75) is 43.7 Å². The van der Waals surface area contributed by atoms with Gasteiger partial charge in [0.15, 0.2) is 0 Å². The number of hydrogen-bond acceptors (Lipinski definition) is 4. The monoisotopic (exact) mass is 298 g/mol. The lowest BCUT2D eigenvalue weighted by molar-refractivity contribution is 0.247. The van der Waals surface area contributed by atoms with Crippen molar-refractivity contribution < 1.29 is 13.2 Å². The summed E-state index contributed by atoms with van der Waals surface area (Å²) >= 11 is 0. The fourth-order valence-electron chi connectivity index (χ4n) is 2.55. The molecule has 1 fully saturated rings. The van der Waals surface area contributed by atoms with E-state index < -0.39 is 10.0 Å². The number of benzene rings is 1. The highest BCUT2D eigenvalue weighted by Crippen LogP contribution is 2.25. The van der Waals surface area contributed by atoms with Crippen molar-refractivity contribution in [2.24, 2.45) is 5.73 Å². The molecule has 5 nitrogen and oxygen atoms in total. The molecule has 1 heterocycles. The summed E-state index contributed by atoms with van der Waals surface area (Å²) in [4.78, 5) is 0.309. The third-order valence-electron chi connectivity index (χ3n) is 3.60. The topological polar surface area (TPSA) is 72.6 Å². The molecule has 0 spiro atoms. The van der Waals surface area contributed by atoms with Crippen molar-refractivity contribution in [3.8, 4) is 5.75 Å². The van der Waals surface area contributed by atoms with Gasteiger partial charge in [0.25, 0.3) is 0 Å². The van der Waals surface area contributed by atoms with Gasteiger partial charge in [0.05, 0.1) is 11.5 Å². The summed E-state index contributed by atoms with van der Waals surface area (Å²) in [7, 11) is -3.44. The van der Waals surface area contributed by atoms with Crippen molar-refractivity contribution in [2.75, 3.05) is 13.2 Å². The number of sulfonamides is 1. The van der Waals surface area contributed by atoms with E-state index in [-0.39, 0.29) is 12.1 Å². The third-order valence-corrected chi connectivity index (χ3v) is 5.62. The van der Waals surface area contributed by atoms with E-state index in [4.69, 9.17) is 10.5 Å².